The molecule has 0 atom stereocenters. The van der Waals surface area contributed by atoms with E-state index in [1.807, 2.05) is 97.1 Å². The molecule has 714 valence electrons. The molecule has 143 heavy (non-hydrogen) atoms. The number of anilines is 6. The van der Waals surface area contributed by atoms with Crippen molar-refractivity contribution in [3.05, 3.63) is 436 Å². The molecule has 0 unspecified atom stereocenters. The highest BCUT2D eigenvalue weighted by Crippen LogP contribution is 2.40. The highest BCUT2D eigenvalue weighted by molar-refractivity contribution is 9.10. The molecule has 0 saturated heterocycles. The smallest absolute Gasteiger partial charge is 0.267 e. The van der Waals surface area contributed by atoms with Crippen molar-refractivity contribution in [3.8, 4) is 84.8 Å². The lowest BCUT2D eigenvalue weighted by Gasteiger charge is -2.14. The number of nitrogen functional groups attached to an aromatic ring is 3. The average molecular weight is 2040 g/mol. The fraction of sp³-hybridized carbons (Fsp3) is 0.00917. The summed E-state index contributed by atoms with van der Waals surface area (Å²) in [6.45, 7) is 2.05. The van der Waals surface area contributed by atoms with Crippen molar-refractivity contribution in [2.45, 2.75) is 21.6 Å². The normalized spacial score (nSPS) is 11.0. The summed E-state index contributed by atoms with van der Waals surface area (Å²) < 4.78 is 90.6. The molecule has 2 heterocycles. The second kappa shape index (κ2) is 44.5. The molecule has 29 nitrogen and oxygen atoms in total. The Morgan fingerprint density at radius 1 is 0.350 bits per heavy atom. The van der Waals surface area contributed by atoms with Crippen molar-refractivity contribution >= 4 is 154 Å². The van der Waals surface area contributed by atoms with Crippen LogP contribution in [-0.4, -0.2) is 76.6 Å². The molecule has 34 heteroatoms. The van der Waals surface area contributed by atoms with E-state index in [1.54, 1.807) is 248 Å². The second-order valence-corrected chi connectivity index (χ2v) is 38.2. The molecule has 0 aliphatic heterocycles. The lowest BCUT2D eigenvalue weighted by atomic mass is 9.99. The van der Waals surface area contributed by atoms with Gasteiger partial charge in [-0.2, -0.15) is 0 Å². The number of para-hydroxylation sites is 6. The lowest BCUT2D eigenvalue weighted by molar-refractivity contribution is 0.101. The number of sulfonamides is 3. The summed E-state index contributed by atoms with van der Waals surface area (Å²) in [6, 6.07) is 107. The first-order chi connectivity index (χ1) is 68.6. The zero-order valence-electron chi connectivity index (χ0n) is 75.5. The van der Waals surface area contributed by atoms with E-state index in [9.17, 15) is 54.3 Å². The topological polar surface area (TPSA) is 513 Å². The van der Waals surface area contributed by atoms with Crippen molar-refractivity contribution in [2.24, 2.45) is 26.9 Å². The predicted octanol–water partition coefficient (Wildman–Crippen LogP) is 21.7. The minimum atomic E-state index is -3.92. The number of nitrogens with zero attached hydrogens (tertiary/aromatic N) is 1. The Bertz CT molecular complexity index is 8310. The van der Waals surface area contributed by atoms with Crippen LogP contribution in [0.2, 0.25) is 0 Å². The number of phenolic OH excluding ortho intramolecular Hbond substituents is 1. The van der Waals surface area contributed by atoms with Gasteiger partial charge in [-0.25, -0.2) is 45.7 Å². The number of pyridine rings is 1. The van der Waals surface area contributed by atoms with Crippen LogP contribution in [0.4, 0.5) is 34.3 Å². The lowest BCUT2D eigenvalue weighted by Crippen LogP contribution is -2.17. The molecular formula is C109H87BrN14O15S4. The Morgan fingerprint density at radius 3 is 1.18 bits per heavy atom. The number of phenols is 1. The number of hydrogen-bond donors (Lipinski definition) is 14. The van der Waals surface area contributed by atoms with E-state index in [0.29, 0.717) is 129 Å². The number of halogens is 1. The molecule has 0 radical (unpaired) electrons. The van der Waals surface area contributed by atoms with E-state index < -0.39 is 36.0 Å². The minimum absolute atomic E-state index is 0.00891. The predicted molar refractivity (Wildman–Crippen MR) is 564 cm³/mol. The number of aromatic nitrogens is 1. The molecule has 0 fully saturated rings. The number of benzene rings is 16. The van der Waals surface area contributed by atoms with Crippen molar-refractivity contribution in [1.82, 2.24) is 4.98 Å². The van der Waals surface area contributed by atoms with Gasteiger partial charge in [-0.1, -0.05) is 210 Å². The Morgan fingerprint density at radius 2 is 0.727 bits per heavy atom. The number of ether oxygens (including phenoxy) is 3. The zero-order valence-corrected chi connectivity index (χ0v) is 80.4. The molecule has 2 aromatic heterocycles. The standard InChI is InChI=1S/C29H21BrN2O4S.C28H22N4O4S.C26H22N4O5S.C26H22N4O2S/c30-23-15-13-22-18-24(16-14-21(22)17-23)36-27-7-3-2-6-26(27)32-29(33)20-11-9-19(10-12-20)25-5-1-4-8-28(25)37(31,34)35;29-27-23-17-21(14-13-19(23)15-16-31-27)36-25-7-3-2-6-24(25)32-28(33)20-11-9-18(10-12-20)22-5-1-4-8-26(22)37(30,34)35;27-25(28)18-13-14-21(31)23(15-18)35-22-7-3-2-6-20(22)30-26(32)17-11-9-16(10-12-17)19-5-1-4-8-24(19)36(29,33)34;1-16-5-2-3-8-21(16)17-9-11-18(12-10-17)25(31)30-22-13-14-33-23(22)26(32)29-20-7-4-6-19(15-20)24(27)28/h1-18H,(H,32,33)(H2,31,34,35);1-17H,(H2,29,31)(H,32,33)(H2,30,34,35);1-15,31H,(H3,27,28)(H,30,32)(H2,29,33,34);2-15H,1H3,(H3,27,28)(H,29,32)(H,30,31). The SMILES string of the molecule is Cc1ccccc1-c1ccc(C(=O)Nc2ccsc2C(=O)Nc2cccc(C(=N)N)c2)cc1.N=C(N)c1ccc(O)c(Oc2ccccc2NC(=O)c2ccc(-c3ccccc3S(N)(=O)=O)cc2)c1.NS(=O)(=O)c1ccccc1-c1ccc(C(=O)Nc2ccccc2Oc2ccc3cc(Br)ccc3c2)cc1.Nc1nccc2ccc(Oc3ccccc3NC(=O)c3ccc(-c4ccccc4S(N)(=O)=O)cc3)cc12. The first-order valence-electron chi connectivity index (χ1n) is 43.4. The van der Waals surface area contributed by atoms with Crippen molar-refractivity contribution in [2.75, 3.05) is 32.3 Å². The van der Waals surface area contributed by atoms with Gasteiger partial charge in [-0.15, -0.1) is 11.3 Å². The number of rotatable bonds is 25. The number of carbonyl (C=O) groups is 5. The molecule has 16 aromatic carbocycles. The van der Waals surface area contributed by atoms with Gasteiger partial charge in [0.25, 0.3) is 29.5 Å². The monoisotopic (exact) mass is 2040 g/mol. The van der Waals surface area contributed by atoms with Gasteiger partial charge in [-0.3, -0.25) is 34.8 Å². The van der Waals surface area contributed by atoms with Crippen LogP contribution in [0.15, 0.2) is 407 Å². The molecule has 18 rings (SSSR count). The number of aromatic hydroxyl groups is 1. The summed E-state index contributed by atoms with van der Waals surface area (Å²) in [5.41, 5.74) is 28.3. The Kier molecular flexibility index (Phi) is 31.0. The summed E-state index contributed by atoms with van der Waals surface area (Å²) in [7, 11) is -11.7. The third-order valence-electron chi connectivity index (χ3n) is 22.0. The molecule has 5 amide bonds. The van der Waals surface area contributed by atoms with E-state index in [2.05, 4.69) is 60.5 Å². The average Bonchev–Trinajstić information content (AvgIpc) is 1.35. The van der Waals surface area contributed by atoms with Crippen LogP contribution >= 0.6 is 27.3 Å². The molecule has 20 N–H and O–H groups in total. The fourth-order valence-corrected chi connectivity index (χ4v) is 18.3. The maximum atomic E-state index is 13.0. The Balaban J connectivity index is 0.000000144. The first kappa shape index (κ1) is 99.9. The molecular weight excluding hydrogens is 1950 g/mol. The summed E-state index contributed by atoms with van der Waals surface area (Å²) in [4.78, 5) is 69.1. The summed E-state index contributed by atoms with van der Waals surface area (Å²) in [5, 5.41) is 61.0. The van der Waals surface area contributed by atoms with Gasteiger partial charge >= 0.3 is 0 Å². The Hall–Kier alpha value is -17.6. The van der Waals surface area contributed by atoms with Crippen LogP contribution in [0.1, 0.15) is 67.8 Å². The first-order valence-corrected chi connectivity index (χ1v) is 49.7. The molecule has 0 saturated carbocycles. The van der Waals surface area contributed by atoms with Gasteiger partial charge in [0, 0.05) is 71.8 Å². The van der Waals surface area contributed by atoms with Crippen LogP contribution in [0, 0.1) is 17.7 Å². The molecule has 18 aromatic rings. The van der Waals surface area contributed by atoms with E-state index >= 15 is 0 Å². The highest BCUT2D eigenvalue weighted by Gasteiger charge is 2.24. The summed E-state index contributed by atoms with van der Waals surface area (Å²) in [5.74, 6) is 0.718. The highest BCUT2D eigenvalue weighted by atomic mass is 79.9. The largest absolute Gasteiger partial charge is 0.504 e. The van der Waals surface area contributed by atoms with Crippen LogP contribution < -0.4 is 73.4 Å². The van der Waals surface area contributed by atoms with Crippen LogP contribution in [0.5, 0.6) is 40.2 Å². The van der Waals surface area contributed by atoms with Gasteiger partial charge < -0.3 is 63.1 Å². The molecule has 0 spiro atoms. The van der Waals surface area contributed by atoms with Crippen molar-refractivity contribution < 1.29 is 68.5 Å². The fourth-order valence-electron chi connectivity index (χ4n) is 14.9. The van der Waals surface area contributed by atoms with E-state index in [1.165, 1.54) is 47.7 Å². The molecule has 0 bridgehead atoms. The van der Waals surface area contributed by atoms with Crippen LogP contribution in [-0.2, 0) is 30.1 Å². The van der Waals surface area contributed by atoms with Crippen molar-refractivity contribution in [1.29, 1.82) is 10.8 Å². The summed E-state index contributed by atoms with van der Waals surface area (Å²) >= 11 is 4.71. The van der Waals surface area contributed by atoms with E-state index in [-0.39, 0.29) is 67.2 Å². The van der Waals surface area contributed by atoms with Gasteiger partial charge in [0.2, 0.25) is 30.1 Å². The van der Waals surface area contributed by atoms with E-state index in [4.69, 9.17) is 57.6 Å². The maximum absolute atomic E-state index is 13.0. The maximum Gasteiger partial charge on any atom is 0.267 e. The number of primary sulfonamides is 3. The number of aryl methyl sites for hydroxylation is 1. The number of hydrogen-bond acceptors (Lipinski definition) is 20. The molecule has 0 aliphatic carbocycles. The van der Waals surface area contributed by atoms with Gasteiger partial charge in [0.05, 0.1) is 37.4 Å². The van der Waals surface area contributed by atoms with E-state index in [0.717, 1.165) is 42.7 Å². The third-order valence-corrected chi connectivity index (χ3v) is 26.3. The second-order valence-electron chi connectivity index (χ2n) is 31.8. The molecule has 0 aliphatic rings. The number of amides is 5. The third kappa shape index (κ3) is 25.3. The quantitative estimate of drug-likeness (QED) is 0.0187. The number of fused-ring (bicyclic) bond motifs is 2. The minimum Gasteiger partial charge on any atom is -0.504 e. The number of amidine groups is 2. The number of carbonyl (C=O) groups excluding carboxylic acids is 5. The van der Waals surface area contributed by atoms with Crippen LogP contribution in [0.25, 0.3) is 66.1 Å². The van der Waals surface area contributed by atoms with Gasteiger partial charge in [0.15, 0.2) is 28.7 Å². The van der Waals surface area contributed by atoms with Crippen LogP contribution in [0.3, 0.4) is 0 Å². The van der Waals surface area contributed by atoms with Crippen molar-refractivity contribution in [3.63, 3.8) is 0 Å². The summed E-state index contributed by atoms with van der Waals surface area (Å²) in [6.07, 6.45) is 1.65. The van der Waals surface area contributed by atoms with Gasteiger partial charge in [0.1, 0.15) is 33.9 Å². The number of nitrogens with two attached hydrogens (primary N) is 6. The van der Waals surface area contributed by atoms with Gasteiger partial charge in [-0.05, 0) is 244 Å². The number of thiophene rings is 1. The number of nitrogens with one attached hydrogen (secondary N) is 7. The Labute approximate surface area is 834 Å². The zero-order chi connectivity index (χ0) is 101.